The maximum atomic E-state index is 11.4. The first-order valence-corrected chi connectivity index (χ1v) is 6.41. The van der Waals surface area contributed by atoms with Crippen LogP contribution in [0.4, 0.5) is 4.79 Å². The molecule has 1 heterocycles. The van der Waals surface area contributed by atoms with Crippen molar-refractivity contribution in [2.24, 2.45) is 0 Å². The quantitative estimate of drug-likeness (QED) is 0.927. The number of benzene rings is 1. The lowest BCUT2D eigenvalue weighted by atomic mass is 10.2. The molecule has 0 atom stereocenters. The van der Waals surface area contributed by atoms with Crippen LogP contribution in [-0.4, -0.2) is 6.09 Å². The number of furan rings is 1. The van der Waals surface area contributed by atoms with Gasteiger partial charge in [0.25, 0.3) is 0 Å². The highest BCUT2D eigenvalue weighted by Crippen LogP contribution is 2.11. The number of ether oxygens (including phenoxy) is 1. The van der Waals surface area contributed by atoms with Gasteiger partial charge in [0.05, 0.1) is 6.26 Å². The molecule has 19 heavy (non-hydrogen) atoms. The maximum Gasteiger partial charge on any atom is 0.411 e. The standard InChI is InChI=1S/C14H12BrNO3/c15-12-5-3-11(4-6-12)10-19-14(17)16-8-7-13-2-1-9-18-13/h1-9H,10H2,(H,16,17)/b8-7+. The average molecular weight is 322 g/mol. The van der Waals surface area contributed by atoms with Gasteiger partial charge in [0, 0.05) is 10.7 Å². The molecule has 0 saturated carbocycles. The van der Waals surface area contributed by atoms with Crippen molar-refractivity contribution in [1.82, 2.24) is 5.32 Å². The molecule has 0 aliphatic rings. The van der Waals surface area contributed by atoms with Crippen LogP contribution in [-0.2, 0) is 11.3 Å². The molecule has 0 aliphatic carbocycles. The van der Waals surface area contributed by atoms with Gasteiger partial charge in [0.2, 0.25) is 0 Å². The van der Waals surface area contributed by atoms with Gasteiger partial charge < -0.3 is 9.15 Å². The van der Waals surface area contributed by atoms with Crippen molar-refractivity contribution in [2.75, 3.05) is 0 Å². The molecule has 0 fully saturated rings. The van der Waals surface area contributed by atoms with Gasteiger partial charge in [0.1, 0.15) is 12.4 Å². The minimum absolute atomic E-state index is 0.230. The van der Waals surface area contributed by atoms with Crippen LogP contribution in [0.2, 0.25) is 0 Å². The molecule has 4 nitrogen and oxygen atoms in total. The fourth-order valence-corrected chi connectivity index (χ4v) is 1.61. The first-order chi connectivity index (χ1) is 9.24. The maximum absolute atomic E-state index is 11.4. The molecule has 98 valence electrons. The van der Waals surface area contributed by atoms with Crippen molar-refractivity contribution in [3.8, 4) is 0 Å². The molecule has 1 N–H and O–H groups in total. The summed E-state index contributed by atoms with van der Waals surface area (Å²) >= 11 is 3.34. The van der Waals surface area contributed by atoms with Crippen molar-refractivity contribution >= 4 is 28.1 Å². The molecule has 0 bridgehead atoms. The normalized spacial score (nSPS) is 10.6. The van der Waals surface area contributed by atoms with Gasteiger partial charge in [-0.2, -0.15) is 0 Å². The third-order valence-electron chi connectivity index (χ3n) is 2.28. The summed E-state index contributed by atoms with van der Waals surface area (Å²) in [5.74, 6) is 0.660. The second kappa shape index (κ2) is 6.80. The van der Waals surface area contributed by atoms with E-state index in [9.17, 15) is 4.79 Å². The van der Waals surface area contributed by atoms with Crippen molar-refractivity contribution in [3.63, 3.8) is 0 Å². The van der Waals surface area contributed by atoms with Gasteiger partial charge in [0.15, 0.2) is 0 Å². The molecule has 0 saturated heterocycles. The highest BCUT2D eigenvalue weighted by atomic mass is 79.9. The molecule has 2 rings (SSSR count). The van der Waals surface area contributed by atoms with E-state index in [1.54, 1.807) is 24.5 Å². The third kappa shape index (κ3) is 4.63. The van der Waals surface area contributed by atoms with Crippen LogP contribution in [0.1, 0.15) is 11.3 Å². The van der Waals surface area contributed by atoms with Gasteiger partial charge in [-0.25, -0.2) is 4.79 Å². The molecule has 1 aromatic heterocycles. The molecule has 0 aliphatic heterocycles. The number of rotatable bonds is 4. The van der Waals surface area contributed by atoms with E-state index in [1.165, 1.54) is 6.20 Å². The minimum Gasteiger partial charge on any atom is -0.465 e. The summed E-state index contributed by atoms with van der Waals surface area (Å²) in [7, 11) is 0. The predicted molar refractivity (Wildman–Crippen MR) is 75.2 cm³/mol. The second-order valence-electron chi connectivity index (χ2n) is 3.70. The number of carbonyl (C=O) groups is 1. The summed E-state index contributed by atoms with van der Waals surface area (Å²) in [5, 5.41) is 2.49. The van der Waals surface area contributed by atoms with Crippen molar-refractivity contribution in [1.29, 1.82) is 0 Å². The van der Waals surface area contributed by atoms with Crippen molar-refractivity contribution < 1.29 is 13.9 Å². The van der Waals surface area contributed by atoms with E-state index in [4.69, 9.17) is 9.15 Å². The van der Waals surface area contributed by atoms with Gasteiger partial charge in [-0.3, -0.25) is 5.32 Å². The summed E-state index contributed by atoms with van der Waals surface area (Å²) in [6, 6.07) is 11.1. The topological polar surface area (TPSA) is 51.5 Å². The van der Waals surface area contributed by atoms with E-state index >= 15 is 0 Å². The number of alkyl carbamates (subject to hydrolysis) is 1. The Balaban J connectivity index is 1.74. The zero-order valence-corrected chi connectivity index (χ0v) is 11.6. The summed E-state index contributed by atoms with van der Waals surface area (Å²) in [6.07, 6.45) is 4.17. The van der Waals surface area contributed by atoms with Gasteiger partial charge in [-0.1, -0.05) is 28.1 Å². The highest BCUT2D eigenvalue weighted by molar-refractivity contribution is 9.10. The third-order valence-corrected chi connectivity index (χ3v) is 2.80. The van der Waals surface area contributed by atoms with E-state index in [0.29, 0.717) is 5.76 Å². The Hall–Kier alpha value is -2.01. The monoisotopic (exact) mass is 321 g/mol. The fourth-order valence-electron chi connectivity index (χ4n) is 1.35. The lowest BCUT2D eigenvalue weighted by Gasteiger charge is -2.04. The molecule has 0 spiro atoms. The zero-order chi connectivity index (χ0) is 13.5. The van der Waals surface area contributed by atoms with E-state index in [0.717, 1.165) is 10.0 Å². The average Bonchev–Trinajstić information content (AvgIpc) is 2.91. The van der Waals surface area contributed by atoms with Crippen LogP contribution in [0.25, 0.3) is 6.08 Å². The molecular formula is C14H12BrNO3. The fraction of sp³-hybridized carbons (Fsp3) is 0.0714. The van der Waals surface area contributed by atoms with Crippen LogP contribution in [0.15, 0.2) is 57.8 Å². The van der Waals surface area contributed by atoms with Crippen LogP contribution in [0.5, 0.6) is 0 Å². The minimum atomic E-state index is -0.509. The molecular weight excluding hydrogens is 310 g/mol. The van der Waals surface area contributed by atoms with E-state index in [1.807, 2.05) is 24.3 Å². The number of carbonyl (C=O) groups excluding carboxylic acids is 1. The highest BCUT2D eigenvalue weighted by Gasteiger charge is 2.00. The number of halogens is 1. The number of hydrogen-bond acceptors (Lipinski definition) is 3. The molecule has 2 aromatic rings. The molecule has 0 radical (unpaired) electrons. The van der Waals surface area contributed by atoms with Crippen LogP contribution in [0.3, 0.4) is 0 Å². The molecule has 5 heteroatoms. The lowest BCUT2D eigenvalue weighted by molar-refractivity contribution is 0.143. The summed E-state index contributed by atoms with van der Waals surface area (Å²) in [5.41, 5.74) is 0.924. The lowest BCUT2D eigenvalue weighted by Crippen LogP contribution is -2.18. The molecule has 1 aromatic carbocycles. The summed E-state index contributed by atoms with van der Waals surface area (Å²) in [6.45, 7) is 0.230. The van der Waals surface area contributed by atoms with Gasteiger partial charge in [-0.15, -0.1) is 0 Å². The summed E-state index contributed by atoms with van der Waals surface area (Å²) in [4.78, 5) is 11.4. The van der Waals surface area contributed by atoms with E-state index < -0.39 is 6.09 Å². The Labute approximate surface area is 119 Å². The Morgan fingerprint density at radius 3 is 2.79 bits per heavy atom. The SMILES string of the molecule is O=C(N/C=C/c1ccco1)OCc1ccc(Br)cc1. The van der Waals surface area contributed by atoms with E-state index in [2.05, 4.69) is 21.2 Å². The molecule has 1 amide bonds. The predicted octanol–water partition coefficient (Wildman–Crippen LogP) is 3.94. The Morgan fingerprint density at radius 2 is 2.11 bits per heavy atom. The number of hydrogen-bond donors (Lipinski definition) is 1. The number of nitrogens with one attached hydrogen (secondary N) is 1. The van der Waals surface area contributed by atoms with Crippen LogP contribution < -0.4 is 5.32 Å². The van der Waals surface area contributed by atoms with Crippen LogP contribution >= 0.6 is 15.9 Å². The zero-order valence-electron chi connectivity index (χ0n) is 10.0. The second-order valence-corrected chi connectivity index (χ2v) is 4.61. The first kappa shape index (κ1) is 13.4. The van der Waals surface area contributed by atoms with Crippen LogP contribution in [0, 0.1) is 0 Å². The largest absolute Gasteiger partial charge is 0.465 e. The Bertz CT molecular complexity index is 547. The van der Waals surface area contributed by atoms with E-state index in [-0.39, 0.29) is 6.61 Å². The summed E-state index contributed by atoms with van der Waals surface area (Å²) < 4.78 is 11.1. The van der Waals surface area contributed by atoms with Crippen molar-refractivity contribution in [3.05, 3.63) is 64.7 Å². The molecule has 0 unspecified atom stereocenters. The number of amides is 1. The van der Waals surface area contributed by atoms with Gasteiger partial charge >= 0.3 is 6.09 Å². The Kier molecular flexibility index (Phi) is 4.80. The first-order valence-electron chi connectivity index (χ1n) is 5.62. The van der Waals surface area contributed by atoms with Gasteiger partial charge in [-0.05, 0) is 35.9 Å². The Morgan fingerprint density at radius 1 is 1.32 bits per heavy atom. The van der Waals surface area contributed by atoms with Crippen molar-refractivity contribution in [2.45, 2.75) is 6.61 Å². The smallest absolute Gasteiger partial charge is 0.411 e.